The van der Waals surface area contributed by atoms with E-state index in [0.717, 1.165) is 5.75 Å². The van der Waals surface area contributed by atoms with Crippen molar-refractivity contribution in [1.29, 1.82) is 0 Å². The summed E-state index contributed by atoms with van der Waals surface area (Å²) in [4.78, 5) is 3.85. The minimum atomic E-state index is 0.796. The van der Waals surface area contributed by atoms with E-state index < -0.39 is 0 Å². The predicted octanol–water partition coefficient (Wildman–Crippen LogP) is 1.50. The number of benzene rings is 1. The molecule has 14 heavy (non-hydrogen) atoms. The maximum absolute atomic E-state index is 5.37. The minimum absolute atomic E-state index is 0.796. The molecule has 1 aliphatic rings. The molecule has 1 heterocycles. The third kappa shape index (κ3) is 2.26. The van der Waals surface area contributed by atoms with Crippen molar-refractivity contribution >= 4 is 6.34 Å². The van der Waals surface area contributed by atoms with E-state index in [1.165, 1.54) is 0 Å². The first-order valence-corrected chi connectivity index (χ1v) is 4.23. The quantitative estimate of drug-likeness (QED) is 0.781. The molecule has 71 valence electrons. The van der Waals surface area contributed by atoms with Crippen molar-refractivity contribution in [2.45, 2.75) is 0 Å². The van der Waals surface area contributed by atoms with E-state index in [4.69, 9.17) is 4.74 Å². The number of para-hydroxylation sites is 1. The van der Waals surface area contributed by atoms with Gasteiger partial charge in [-0.1, -0.05) is 18.2 Å². The van der Waals surface area contributed by atoms with Crippen LogP contribution in [0.5, 0.6) is 5.75 Å². The topological polar surface area (TPSA) is 36.9 Å². The standard InChI is InChI=1S/C10H10N3O/c1-2-4-10(5-3-1)14-9-13-7-6-11-8-12-13/h1-9H,(H,11,12). The molecule has 0 aromatic heterocycles. The summed E-state index contributed by atoms with van der Waals surface area (Å²) in [5.41, 5.74) is 2.86. The Bertz CT molecular complexity index is 334. The lowest BCUT2D eigenvalue weighted by Gasteiger charge is -2.19. The fourth-order valence-electron chi connectivity index (χ4n) is 0.979. The fraction of sp³-hybridized carbons (Fsp3) is 0. The van der Waals surface area contributed by atoms with Crippen molar-refractivity contribution in [3.63, 3.8) is 0 Å². The zero-order chi connectivity index (χ0) is 9.64. The maximum atomic E-state index is 5.37. The summed E-state index contributed by atoms with van der Waals surface area (Å²) >= 11 is 0. The lowest BCUT2D eigenvalue weighted by Crippen LogP contribution is -2.33. The van der Waals surface area contributed by atoms with Crippen molar-refractivity contribution in [2.24, 2.45) is 4.99 Å². The average Bonchev–Trinajstić information content (AvgIpc) is 2.29. The van der Waals surface area contributed by atoms with Crippen LogP contribution in [-0.4, -0.2) is 11.3 Å². The minimum Gasteiger partial charge on any atom is -0.463 e. The zero-order valence-electron chi connectivity index (χ0n) is 7.50. The zero-order valence-corrected chi connectivity index (χ0v) is 7.50. The van der Waals surface area contributed by atoms with Gasteiger partial charge in [0.1, 0.15) is 12.1 Å². The van der Waals surface area contributed by atoms with Gasteiger partial charge in [0.2, 0.25) is 6.73 Å². The molecule has 0 saturated carbocycles. The van der Waals surface area contributed by atoms with Crippen LogP contribution in [0.1, 0.15) is 0 Å². The molecule has 0 fully saturated rings. The van der Waals surface area contributed by atoms with E-state index in [2.05, 4.69) is 10.4 Å². The van der Waals surface area contributed by atoms with Gasteiger partial charge in [0.15, 0.2) is 0 Å². The predicted molar refractivity (Wildman–Crippen MR) is 54.0 cm³/mol. The van der Waals surface area contributed by atoms with Gasteiger partial charge in [0.25, 0.3) is 0 Å². The Hall–Kier alpha value is -1.97. The van der Waals surface area contributed by atoms with E-state index in [1.807, 2.05) is 30.3 Å². The van der Waals surface area contributed by atoms with Crippen molar-refractivity contribution in [3.05, 3.63) is 49.5 Å². The van der Waals surface area contributed by atoms with E-state index in [0.29, 0.717) is 0 Å². The van der Waals surface area contributed by atoms with Crippen LogP contribution < -0.4 is 10.2 Å². The van der Waals surface area contributed by atoms with Crippen LogP contribution in [0.4, 0.5) is 0 Å². The molecular weight excluding hydrogens is 178 g/mol. The van der Waals surface area contributed by atoms with Crippen molar-refractivity contribution in [1.82, 2.24) is 10.4 Å². The van der Waals surface area contributed by atoms with Crippen LogP contribution >= 0.6 is 0 Å². The Kier molecular flexibility index (Phi) is 2.66. The SMILES string of the molecule is [CH](Oc1ccccc1)N1C=CN=CN1. The smallest absolute Gasteiger partial charge is 0.247 e. The molecule has 0 spiro atoms. The van der Waals surface area contributed by atoms with E-state index in [-0.39, 0.29) is 0 Å². The summed E-state index contributed by atoms with van der Waals surface area (Å²) in [6.45, 7) is 1.57. The second kappa shape index (κ2) is 4.32. The summed E-state index contributed by atoms with van der Waals surface area (Å²) < 4.78 is 5.37. The molecule has 1 aromatic rings. The second-order valence-corrected chi connectivity index (χ2v) is 2.65. The summed E-state index contributed by atoms with van der Waals surface area (Å²) in [6.07, 6.45) is 5.00. The Morgan fingerprint density at radius 3 is 2.86 bits per heavy atom. The fourth-order valence-corrected chi connectivity index (χ4v) is 0.979. The molecule has 0 bridgehead atoms. The van der Waals surface area contributed by atoms with Gasteiger partial charge in [0.05, 0.1) is 0 Å². The highest BCUT2D eigenvalue weighted by molar-refractivity contribution is 5.55. The van der Waals surface area contributed by atoms with Crippen molar-refractivity contribution in [3.8, 4) is 5.75 Å². The van der Waals surface area contributed by atoms with Gasteiger partial charge in [-0.25, -0.2) is 10.0 Å². The molecule has 1 aromatic carbocycles. The Morgan fingerprint density at radius 2 is 2.14 bits per heavy atom. The number of hydrogen-bond donors (Lipinski definition) is 1. The molecule has 1 N–H and O–H groups in total. The number of nitrogens with one attached hydrogen (secondary N) is 1. The third-order valence-electron chi connectivity index (χ3n) is 1.64. The Morgan fingerprint density at radius 1 is 1.29 bits per heavy atom. The monoisotopic (exact) mass is 188 g/mol. The number of rotatable bonds is 3. The third-order valence-corrected chi connectivity index (χ3v) is 1.64. The molecule has 1 aliphatic heterocycles. The van der Waals surface area contributed by atoms with Crippen molar-refractivity contribution in [2.75, 3.05) is 0 Å². The first-order valence-electron chi connectivity index (χ1n) is 4.23. The highest BCUT2D eigenvalue weighted by atomic mass is 16.5. The molecule has 0 aliphatic carbocycles. The van der Waals surface area contributed by atoms with Crippen LogP contribution in [0.3, 0.4) is 0 Å². The van der Waals surface area contributed by atoms with Crippen LogP contribution in [0, 0.1) is 6.73 Å². The number of hydrazine groups is 1. The molecule has 4 heteroatoms. The van der Waals surface area contributed by atoms with E-state index in [9.17, 15) is 0 Å². The van der Waals surface area contributed by atoms with E-state index >= 15 is 0 Å². The average molecular weight is 188 g/mol. The van der Waals surface area contributed by atoms with Crippen LogP contribution in [0.15, 0.2) is 47.7 Å². The van der Waals surface area contributed by atoms with Crippen LogP contribution in [-0.2, 0) is 0 Å². The van der Waals surface area contributed by atoms with Gasteiger partial charge in [-0.05, 0) is 12.1 Å². The van der Waals surface area contributed by atoms with Gasteiger partial charge in [-0.15, -0.1) is 0 Å². The lowest BCUT2D eigenvalue weighted by atomic mass is 10.3. The lowest BCUT2D eigenvalue weighted by molar-refractivity contribution is 0.232. The molecule has 0 atom stereocenters. The second-order valence-electron chi connectivity index (χ2n) is 2.65. The maximum Gasteiger partial charge on any atom is 0.247 e. The van der Waals surface area contributed by atoms with Crippen molar-refractivity contribution < 1.29 is 4.74 Å². The number of hydrogen-bond acceptors (Lipinski definition) is 4. The first kappa shape index (κ1) is 8.62. The van der Waals surface area contributed by atoms with E-state index in [1.54, 1.807) is 30.5 Å². The molecule has 0 unspecified atom stereocenters. The number of nitrogens with zero attached hydrogens (tertiary/aromatic N) is 2. The summed E-state index contributed by atoms with van der Waals surface area (Å²) in [7, 11) is 0. The molecule has 4 nitrogen and oxygen atoms in total. The molecule has 0 saturated heterocycles. The highest BCUT2D eigenvalue weighted by Gasteiger charge is 2.00. The first-order chi connectivity index (χ1) is 6.95. The van der Waals surface area contributed by atoms with Crippen LogP contribution in [0.2, 0.25) is 0 Å². The largest absolute Gasteiger partial charge is 0.463 e. The van der Waals surface area contributed by atoms with Gasteiger partial charge in [0, 0.05) is 12.4 Å². The summed E-state index contributed by atoms with van der Waals surface area (Å²) in [6, 6.07) is 9.56. The molecular formula is C10H10N3O. The Labute approximate surface area is 82.5 Å². The normalized spacial score (nSPS) is 13.9. The summed E-state index contributed by atoms with van der Waals surface area (Å²) in [5, 5.41) is 1.67. The summed E-state index contributed by atoms with van der Waals surface area (Å²) in [5.74, 6) is 0.796. The molecule has 2 rings (SSSR count). The number of ether oxygens (including phenoxy) is 1. The van der Waals surface area contributed by atoms with Crippen LogP contribution in [0.25, 0.3) is 0 Å². The van der Waals surface area contributed by atoms with Gasteiger partial charge >= 0.3 is 0 Å². The number of aliphatic imine (C=N–C) groups is 1. The van der Waals surface area contributed by atoms with Gasteiger partial charge in [-0.3, -0.25) is 5.43 Å². The Balaban J connectivity index is 1.83. The highest BCUT2D eigenvalue weighted by Crippen LogP contribution is 2.10. The van der Waals surface area contributed by atoms with Gasteiger partial charge < -0.3 is 4.74 Å². The molecule has 0 amide bonds. The van der Waals surface area contributed by atoms with Gasteiger partial charge in [-0.2, -0.15) is 0 Å². The molecule has 1 radical (unpaired) electrons.